The van der Waals surface area contributed by atoms with Crippen molar-refractivity contribution in [2.45, 2.75) is 6.54 Å². The van der Waals surface area contributed by atoms with E-state index in [9.17, 15) is 0 Å². The summed E-state index contributed by atoms with van der Waals surface area (Å²) in [4.78, 5) is 14.0. The number of thiazole rings is 1. The monoisotopic (exact) mass is 242 g/mol. The van der Waals surface area contributed by atoms with Crippen LogP contribution in [0.15, 0.2) is 36.7 Å². The number of hydrogen-bond acceptors (Lipinski definition) is 5. The van der Waals surface area contributed by atoms with Gasteiger partial charge in [-0.25, -0.2) is 9.97 Å². The molecule has 5 heteroatoms. The van der Waals surface area contributed by atoms with Crippen molar-refractivity contribution in [1.82, 2.24) is 15.0 Å². The first-order chi connectivity index (χ1) is 8.36. The van der Waals surface area contributed by atoms with Gasteiger partial charge in [-0.15, -0.1) is 0 Å². The van der Waals surface area contributed by atoms with Gasteiger partial charge in [-0.1, -0.05) is 11.3 Å². The summed E-state index contributed by atoms with van der Waals surface area (Å²) in [5.41, 5.74) is 8.42. The lowest BCUT2D eigenvalue weighted by Gasteiger charge is -1.98. The maximum Gasteiger partial charge on any atom is 0.143 e. The number of pyridine rings is 2. The maximum absolute atomic E-state index is 5.58. The van der Waals surface area contributed by atoms with E-state index in [0.717, 1.165) is 26.6 Å². The minimum Gasteiger partial charge on any atom is -0.325 e. The van der Waals surface area contributed by atoms with E-state index in [0.29, 0.717) is 6.54 Å². The molecule has 3 aromatic heterocycles. The lowest BCUT2D eigenvalue weighted by atomic mass is 10.2. The van der Waals surface area contributed by atoms with Crippen LogP contribution in [0.2, 0.25) is 0 Å². The average molecular weight is 242 g/mol. The van der Waals surface area contributed by atoms with Crippen molar-refractivity contribution >= 4 is 21.7 Å². The summed E-state index contributed by atoms with van der Waals surface area (Å²) >= 11 is 1.58. The van der Waals surface area contributed by atoms with Crippen LogP contribution < -0.4 is 5.73 Å². The molecule has 3 rings (SSSR count). The fourth-order valence-electron chi connectivity index (χ4n) is 1.62. The molecular weight excluding hydrogens is 232 g/mol. The fraction of sp³-hybridized carbons (Fsp3) is 0.0833. The van der Waals surface area contributed by atoms with Crippen molar-refractivity contribution in [3.8, 4) is 10.6 Å². The summed E-state index contributed by atoms with van der Waals surface area (Å²) in [7, 11) is 0. The van der Waals surface area contributed by atoms with Gasteiger partial charge in [-0.2, -0.15) is 0 Å². The van der Waals surface area contributed by atoms with E-state index < -0.39 is 0 Å². The molecule has 0 amide bonds. The van der Waals surface area contributed by atoms with Gasteiger partial charge in [0.05, 0.1) is 5.69 Å². The number of aromatic nitrogens is 3. The van der Waals surface area contributed by atoms with Crippen molar-refractivity contribution in [1.29, 1.82) is 0 Å². The SMILES string of the molecule is NCc1cc(-c2nc3cccnc3s2)ccn1. The molecule has 0 saturated heterocycles. The molecule has 3 heterocycles. The molecule has 0 aromatic carbocycles. The molecule has 3 aromatic rings. The number of nitrogens with two attached hydrogens (primary N) is 1. The third-order valence-electron chi connectivity index (χ3n) is 2.44. The Morgan fingerprint density at radius 3 is 2.94 bits per heavy atom. The van der Waals surface area contributed by atoms with E-state index in [2.05, 4.69) is 15.0 Å². The van der Waals surface area contributed by atoms with E-state index in [4.69, 9.17) is 5.73 Å². The molecular formula is C12H10N4S. The largest absolute Gasteiger partial charge is 0.325 e. The molecule has 0 unspecified atom stereocenters. The van der Waals surface area contributed by atoms with E-state index in [1.54, 1.807) is 23.7 Å². The van der Waals surface area contributed by atoms with Crippen molar-refractivity contribution in [3.05, 3.63) is 42.4 Å². The molecule has 0 fully saturated rings. The van der Waals surface area contributed by atoms with Crippen LogP contribution in [0.5, 0.6) is 0 Å². The summed E-state index contributed by atoms with van der Waals surface area (Å²) < 4.78 is 0. The van der Waals surface area contributed by atoms with Crippen LogP contribution in [0.1, 0.15) is 5.69 Å². The number of rotatable bonds is 2. The summed E-state index contributed by atoms with van der Waals surface area (Å²) in [5, 5.41) is 0.954. The summed E-state index contributed by atoms with van der Waals surface area (Å²) in [6, 6.07) is 7.77. The standard InChI is InChI=1S/C12H10N4S/c13-7-9-6-8(3-5-14-9)11-16-10-2-1-4-15-12(10)17-11/h1-6H,7,13H2. The molecule has 2 N–H and O–H groups in total. The zero-order chi connectivity index (χ0) is 11.7. The molecule has 0 aliphatic heterocycles. The van der Waals surface area contributed by atoms with Gasteiger partial charge in [-0.3, -0.25) is 4.98 Å². The summed E-state index contributed by atoms with van der Waals surface area (Å²) in [6.45, 7) is 0.441. The van der Waals surface area contributed by atoms with Gasteiger partial charge in [0.25, 0.3) is 0 Å². The molecule has 0 saturated carbocycles. The topological polar surface area (TPSA) is 64.7 Å². The fourth-order valence-corrected chi connectivity index (χ4v) is 2.52. The van der Waals surface area contributed by atoms with Crippen LogP contribution in [-0.4, -0.2) is 15.0 Å². The first-order valence-electron chi connectivity index (χ1n) is 5.24. The highest BCUT2D eigenvalue weighted by Gasteiger charge is 2.07. The van der Waals surface area contributed by atoms with Gasteiger partial charge in [-0.05, 0) is 24.3 Å². The van der Waals surface area contributed by atoms with Crippen LogP contribution in [0, 0.1) is 0 Å². The highest BCUT2D eigenvalue weighted by atomic mass is 32.1. The Hall–Kier alpha value is -1.85. The van der Waals surface area contributed by atoms with Crippen LogP contribution in [0.3, 0.4) is 0 Å². The van der Waals surface area contributed by atoms with E-state index >= 15 is 0 Å². The molecule has 0 bridgehead atoms. The number of nitrogens with zero attached hydrogens (tertiary/aromatic N) is 3. The van der Waals surface area contributed by atoms with Crippen molar-refractivity contribution in [2.24, 2.45) is 5.73 Å². The number of hydrogen-bond donors (Lipinski definition) is 1. The molecule has 0 aliphatic carbocycles. The molecule has 4 nitrogen and oxygen atoms in total. The zero-order valence-corrected chi connectivity index (χ0v) is 9.81. The third-order valence-corrected chi connectivity index (χ3v) is 3.47. The van der Waals surface area contributed by atoms with Gasteiger partial charge in [0.1, 0.15) is 15.4 Å². The quantitative estimate of drug-likeness (QED) is 0.748. The number of fused-ring (bicyclic) bond motifs is 1. The van der Waals surface area contributed by atoms with Gasteiger partial charge in [0, 0.05) is 24.5 Å². The first-order valence-corrected chi connectivity index (χ1v) is 6.05. The van der Waals surface area contributed by atoms with Crippen molar-refractivity contribution in [2.75, 3.05) is 0 Å². The zero-order valence-electron chi connectivity index (χ0n) is 9.00. The van der Waals surface area contributed by atoms with E-state index in [1.165, 1.54) is 0 Å². The second kappa shape index (κ2) is 4.20. The minimum atomic E-state index is 0.441. The normalized spacial score (nSPS) is 10.9. The molecule has 17 heavy (non-hydrogen) atoms. The van der Waals surface area contributed by atoms with Crippen LogP contribution in [0.25, 0.3) is 20.9 Å². The average Bonchev–Trinajstić information content (AvgIpc) is 2.82. The Morgan fingerprint density at radius 2 is 2.12 bits per heavy atom. The Bertz CT molecular complexity index is 629. The lowest BCUT2D eigenvalue weighted by Crippen LogP contribution is -1.98. The van der Waals surface area contributed by atoms with Crippen molar-refractivity contribution in [3.63, 3.8) is 0 Å². The van der Waals surface area contributed by atoms with Crippen molar-refractivity contribution < 1.29 is 0 Å². The van der Waals surface area contributed by atoms with Crippen LogP contribution in [0.4, 0.5) is 0 Å². The Balaban J connectivity index is 2.13. The van der Waals surface area contributed by atoms with E-state index in [-0.39, 0.29) is 0 Å². The predicted octanol–water partition coefficient (Wildman–Crippen LogP) is 2.21. The predicted molar refractivity (Wildman–Crippen MR) is 68.5 cm³/mol. The highest BCUT2D eigenvalue weighted by molar-refractivity contribution is 7.21. The van der Waals surface area contributed by atoms with Gasteiger partial charge in [0.15, 0.2) is 0 Å². The van der Waals surface area contributed by atoms with Gasteiger partial charge < -0.3 is 5.73 Å². The minimum absolute atomic E-state index is 0.441. The molecule has 0 aliphatic rings. The summed E-state index contributed by atoms with van der Waals surface area (Å²) in [5.74, 6) is 0. The maximum atomic E-state index is 5.58. The van der Waals surface area contributed by atoms with Gasteiger partial charge in [0.2, 0.25) is 0 Å². The van der Waals surface area contributed by atoms with Gasteiger partial charge >= 0.3 is 0 Å². The lowest BCUT2D eigenvalue weighted by molar-refractivity contribution is 0.991. The second-order valence-electron chi connectivity index (χ2n) is 3.59. The summed E-state index contributed by atoms with van der Waals surface area (Å²) in [6.07, 6.45) is 3.54. The third kappa shape index (κ3) is 1.90. The van der Waals surface area contributed by atoms with E-state index in [1.807, 2.05) is 24.3 Å². The highest BCUT2D eigenvalue weighted by Crippen LogP contribution is 2.28. The van der Waals surface area contributed by atoms with Crippen LogP contribution >= 0.6 is 11.3 Å². The molecule has 0 atom stereocenters. The Morgan fingerprint density at radius 1 is 1.18 bits per heavy atom. The Kier molecular flexibility index (Phi) is 2.55. The molecule has 0 radical (unpaired) electrons. The first kappa shape index (κ1) is 10.3. The molecule has 0 spiro atoms. The second-order valence-corrected chi connectivity index (χ2v) is 4.56. The molecule has 84 valence electrons. The van der Waals surface area contributed by atoms with Crippen LogP contribution in [-0.2, 0) is 6.54 Å². The Labute approximate surface area is 102 Å². The smallest absolute Gasteiger partial charge is 0.143 e.